The first kappa shape index (κ1) is 15.4. The Hall–Kier alpha value is -2.47. The molecule has 6 heteroatoms. The topological polar surface area (TPSA) is 51.1 Å². The fourth-order valence-electron chi connectivity index (χ4n) is 2.48. The van der Waals surface area contributed by atoms with Crippen LogP contribution in [0.5, 0.6) is 0 Å². The van der Waals surface area contributed by atoms with Crippen LogP contribution in [-0.2, 0) is 17.8 Å². The molecule has 0 aliphatic rings. The monoisotopic (exact) mass is 330 g/mol. The first-order chi connectivity index (χ1) is 11.1. The van der Waals surface area contributed by atoms with Gasteiger partial charge in [-0.2, -0.15) is 0 Å². The Morgan fingerprint density at radius 2 is 2.09 bits per heavy atom. The lowest BCUT2D eigenvalue weighted by atomic mass is 10.1. The van der Waals surface area contributed by atoms with Crippen molar-refractivity contribution < 1.29 is 9.18 Å². The summed E-state index contributed by atoms with van der Waals surface area (Å²) in [4.78, 5) is 23.9. The van der Waals surface area contributed by atoms with Crippen LogP contribution in [0.25, 0.3) is 10.2 Å². The maximum atomic E-state index is 13.1. The molecule has 0 bridgehead atoms. The number of hydrogen-bond donors (Lipinski definition) is 1. The number of aryl methyl sites for hydroxylation is 1. The molecule has 1 amide bonds. The molecule has 0 spiro atoms. The Bertz CT molecular complexity index is 930. The van der Waals surface area contributed by atoms with Gasteiger partial charge in [0, 0.05) is 12.2 Å². The first-order valence-corrected chi connectivity index (χ1v) is 8.06. The predicted molar refractivity (Wildman–Crippen MR) is 90.5 cm³/mol. The summed E-state index contributed by atoms with van der Waals surface area (Å²) >= 11 is 1.16. The molecule has 0 fully saturated rings. The van der Waals surface area contributed by atoms with Gasteiger partial charge >= 0.3 is 4.87 Å². The second-order valence-electron chi connectivity index (χ2n) is 5.15. The van der Waals surface area contributed by atoms with Crippen LogP contribution in [-0.4, -0.2) is 10.5 Å². The molecule has 1 heterocycles. The van der Waals surface area contributed by atoms with Gasteiger partial charge in [-0.15, -0.1) is 0 Å². The Balaban J connectivity index is 1.78. The Labute approximate surface area is 136 Å². The number of amides is 1. The maximum absolute atomic E-state index is 13.1. The van der Waals surface area contributed by atoms with Crippen molar-refractivity contribution >= 4 is 33.1 Å². The average Bonchev–Trinajstić information content (AvgIpc) is 2.81. The van der Waals surface area contributed by atoms with Crippen LogP contribution in [0.4, 0.5) is 10.1 Å². The van der Waals surface area contributed by atoms with Gasteiger partial charge in [-0.1, -0.05) is 23.5 Å². The van der Waals surface area contributed by atoms with E-state index >= 15 is 0 Å². The highest BCUT2D eigenvalue weighted by atomic mass is 32.1. The number of fused-ring (bicyclic) bond motifs is 1. The van der Waals surface area contributed by atoms with Crippen LogP contribution in [0.2, 0.25) is 0 Å². The van der Waals surface area contributed by atoms with Crippen LogP contribution in [0.1, 0.15) is 12.5 Å². The van der Waals surface area contributed by atoms with E-state index < -0.39 is 0 Å². The summed E-state index contributed by atoms with van der Waals surface area (Å²) in [6.07, 6.45) is 0.0992. The molecule has 4 nitrogen and oxygen atoms in total. The summed E-state index contributed by atoms with van der Waals surface area (Å²) in [5.74, 6) is -0.584. The molecule has 0 aliphatic heterocycles. The quantitative estimate of drug-likeness (QED) is 0.797. The number of nitrogens with zero attached hydrogens (tertiary/aromatic N) is 1. The molecule has 118 valence electrons. The number of thiazole rings is 1. The van der Waals surface area contributed by atoms with E-state index in [1.807, 2.05) is 13.0 Å². The van der Waals surface area contributed by atoms with Crippen LogP contribution in [0.3, 0.4) is 0 Å². The highest BCUT2D eigenvalue weighted by molar-refractivity contribution is 7.16. The van der Waals surface area contributed by atoms with E-state index in [-0.39, 0.29) is 23.0 Å². The molecule has 0 saturated carbocycles. The third kappa shape index (κ3) is 3.32. The summed E-state index contributed by atoms with van der Waals surface area (Å²) in [5.41, 5.74) is 2.11. The molecule has 0 atom stereocenters. The van der Waals surface area contributed by atoms with Crippen molar-refractivity contribution in [3.05, 3.63) is 63.5 Å². The molecule has 0 saturated heterocycles. The van der Waals surface area contributed by atoms with E-state index in [0.717, 1.165) is 21.6 Å². The molecule has 0 unspecified atom stereocenters. The molecule has 1 N–H and O–H groups in total. The van der Waals surface area contributed by atoms with Crippen LogP contribution >= 0.6 is 11.3 Å². The predicted octanol–water partition coefficient (Wildman–Crippen LogP) is 3.40. The van der Waals surface area contributed by atoms with Crippen molar-refractivity contribution in [1.82, 2.24) is 4.57 Å². The zero-order chi connectivity index (χ0) is 16.4. The Kier molecular flexibility index (Phi) is 4.25. The van der Waals surface area contributed by atoms with E-state index in [9.17, 15) is 14.0 Å². The van der Waals surface area contributed by atoms with E-state index in [4.69, 9.17) is 0 Å². The zero-order valence-electron chi connectivity index (χ0n) is 12.5. The second kappa shape index (κ2) is 6.34. The number of halogens is 1. The van der Waals surface area contributed by atoms with E-state index in [1.54, 1.807) is 28.8 Å². The molecule has 0 radical (unpaired) electrons. The van der Waals surface area contributed by atoms with Crippen LogP contribution in [0, 0.1) is 5.82 Å². The van der Waals surface area contributed by atoms with Crippen LogP contribution < -0.4 is 10.2 Å². The van der Waals surface area contributed by atoms with Crippen molar-refractivity contribution in [2.75, 3.05) is 5.32 Å². The van der Waals surface area contributed by atoms with Gasteiger partial charge in [0.1, 0.15) is 5.82 Å². The maximum Gasteiger partial charge on any atom is 0.308 e. The Morgan fingerprint density at radius 1 is 1.26 bits per heavy atom. The van der Waals surface area contributed by atoms with Gasteiger partial charge in [0.15, 0.2) is 0 Å². The third-order valence-electron chi connectivity index (χ3n) is 3.52. The van der Waals surface area contributed by atoms with Crippen molar-refractivity contribution in [1.29, 1.82) is 0 Å². The van der Waals surface area contributed by atoms with Gasteiger partial charge in [0.25, 0.3) is 0 Å². The lowest BCUT2D eigenvalue weighted by Gasteiger charge is -2.06. The fourth-order valence-corrected chi connectivity index (χ4v) is 3.48. The molecule has 3 aromatic rings. The summed E-state index contributed by atoms with van der Waals surface area (Å²) in [6, 6.07) is 11.4. The SMILES string of the molecule is CCn1c(=O)sc2cc(NC(=O)Cc3cccc(F)c3)ccc21. The number of carbonyl (C=O) groups excluding carboxylic acids is 1. The minimum atomic E-state index is -0.359. The second-order valence-corrected chi connectivity index (χ2v) is 6.14. The highest BCUT2D eigenvalue weighted by Gasteiger charge is 2.09. The minimum Gasteiger partial charge on any atom is -0.326 e. The number of hydrogen-bond acceptors (Lipinski definition) is 3. The average molecular weight is 330 g/mol. The number of anilines is 1. The van der Waals surface area contributed by atoms with E-state index in [0.29, 0.717) is 17.8 Å². The fraction of sp³-hybridized carbons (Fsp3) is 0.176. The van der Waals surface area contributed by atoms with Gasteiger partial charge in [-0.3, -0.25) is 14.2 Å². The first-order valence-electron chi connectivity index (χ1n) is 7.24. The number of rotatable bonds is 4. The van der Waals surface area contributed by atoms with Crippen molar-refractivity contribution in [2.45, 2.75) is 19.9 Å². The van der Waals surface area contributed by atoms with Crippen molar-refractivity contribution in [3.63, 3.8) is 0 Å². The molecule has 2 aromatic carbocycles. The smallest absolute Gasteiger partial charge is 0.308 e. The molecule has 0 aliphatic carbocycles. The lowest BCUT2D eigenvalue weighted by molar-refractivity contribution is -0.115. The summed E-state index contributed by atoms with van der Waals surface area (Å²) in [5, 5.41) is 2.78. The number of aromatic nitrogens is 1. The highest BCUT2D eigenvalue weighted by Crippen LogP contribution is 2.22. The van der Waals surface area contributed by atoms with E-state index in [1.165, 1.54) is 12.1 Å². The summed E-state index contributed by atoms with van der Waals surface area (Å²) in [6.45, 7) is 2.53. The normalized spacial score (nSPS) is 10.9. The van der Waals surface area contributed by atoms with Crippen LogP contribution in [0.15, 0.2) is 47.3 Å². The molecule has 23 heavy (non-hydrogen) atoms. The minimum absolute atomic E-state index is 0.00858. The molecule has 1 aromatic heterocycles. The molecule has 3 rings (SSSR count). The third-order valence-corrected chi connectivity index (χ3v) is 4.46. The van der Waals surface area contributed by atoms with E-state index in [2.05, 4.69) is 5.32 Å². The largest absolute Gasteiger partial charge is 0.326 e. The number of carbonyl (C=O) groups is 1. The lowest BCUT2D eigenvalue weighted by Crippen LogP contribution is -2.14. The summed E-state index contributed by atoms with van der Waals surface area (Å²) < 4.78 is 15.7. The van der Waals surface area contributed by atoms with Gasteiger partial charge in [0.05, 0.1) is 16.6 Å². The van der Waals surface area contributed by atoms with Gasteiger partial charge in [0.2, 0.25) is 5.91 Å². The zero-order valence-corrected chi connectivity index (χ0v) is 13.3. The van der Waals surface area contributed by atoms with Gasteiger partial charge in [-0.25, -0.2) is 4.39 Å². The number of nitrogens with one attached hydrogen (secondary N) is 1. The summed E-state index contributed by atoms with van der Waals surface area (Å²) in [7, 11) is 0. The molecular weight excluding hydrogens is 315 g/mol. The van der Waals surface area contributed by atoms with Crippen molar-refractivity contribution in [3.8, 4) is 0 Å². The molecular formula is C17H15FN2O2S. The van der Waals surface area contributed by atoms with Crippen molar-refractivity contribution in [2.24, 2.45) is 0 Å². The Morgan fingerprint density at radius 3 is 2.83 bits per heavy atom. The number of benzene rings is 2. The van der Waals surface area contributed by atoms with Gasteiger partial charge < -0.3 is 5.32 Å². The van der Waals surface area contributed by atoms with Gasteiger partial charge in [-0.05, 0) is 42.8 Å². The standard InChI is InChI=1S/C17H15FN2O2S/c1-2-20-14-7-6-13(10-15(14)23-17(20)22)19-16(21)9-11-4-3-5-12(18)8-11/h3-8,10H,2,9H2,1H3,(H,19,21).